The summed E-state index contributed by atoms with van der Waals surface area (Å²) < 4.78 is 26.5. The molecule has 90 valence electrons. The van der Waals surface area contributed by atoms with Crippen LogP contribution in [-0.2, 0) is 10.0 Å². The molecule has 1 aromatic carbocycles. The molecule has 0 atom stereocenters. The Balaban J connectivity index is 2.48. The van der Waals surface area contributed by atoms with Gasteiger partial charge in [0.05, 0.1) is 17.6 Å². The van der Waals surface area contributed by atoms with Gasteiger partial charge in [-0.1, -0.05) is 18.2 Å². The molecule has 0 fully saturated rings. The minimum Gasteiger partial charge on any atom is -0.267 e. The van der Waals surface area contributed by atoms with E-state index in [1.165, 1.54) is 0 Å². The average Bonchev–Trinajstić information content (AvgIpc) is 2.58. The van der Waals surface area contributed by atoms with Crippen LogP contribution in [0.2, 0.25) is 0 Å². The van der Waals surface area contributed by atoms with E-state index >= 15 is 0 Å². The first-order chi connectivity index (χ1) is 7.96. The van der Waals surface area contributed by atoms with Gasteiger partial charge in [0.2, 0.25) is 10.0 Å². The molecule has 6 heteroatoms. The number of benzene rings is 1. The third kappa shape index (κ3) is 2.85. The van der Waals surface area contributed by atoms with Crippen LogP contribution >= 0.6 is 0 Å². The number of rotatable bonds is 3. The lowest BCUT2D eigenvalue weighted by Crippen LogP contribution is -2.13. The zero-order valence-corrected chi connectivity index (χ0v) is 10.4. The molecule has 1 N–H and O–H groups in total. The second-order valence-corrected chi connectivity index (χ2v) is 5.54. The Morgan fingerprint density at radius 3 is 2.47 bits per heavy atom. The highest BCUT2D eigenvalue weighted by atomic mass is 32.2. The smallest absolute Gasteiger partial charge is 0.230 e. The fourth-order valence-electron chi connectivity index (χ4n) is 1.53. The Kier molecular flexibility index (Phi) is 2.89. The largest absolute Gasteiger partial charge is 0.267 e. The Morgan fingerprint density at radius 1 is 1.24 bits per heavy atom. The minimum atomic E-state index is -3.31. The zero-order valence-electron chi connectivity index (χ0n) is 9.58. The number of aromatic nitrogens is 2. The number of nitrogens with zero attached hydrogens (tertiary/aromatic N) is 2. The molecule has 0 saturated heterocycles. The van der Waals surface area contributed by atoms with Crippen LogP contribution in [0.5, 0.6) is 0 Å². The molecule has 0 spiro atoms. The van der Waals surface area contributed by atoms with Gasteiger partial charge in [0, 0.05) is 6.07 Å². The normalized spacial score (nSPS) is 11.4. The van der Waals surface area contributed by atoms with Crippen molar-refractivity contribution in [2.45, 2.75) is 6.92 Å². The van der Waals surface area contributed by atoms with Crippen LogP contribution in [0.1, 0.15) is 5.69 Å². The molecule has 1 heterocycles. The molecule has 1 aromatic heterocycles. The van der Waals surface area contributed by atoms with Crippen LogP contribution < -0.4 is 4.72 Å². The Labute approximate surface area is 100 Å². The number of aryl methyl sites for hydroxylation is 1. The maximum atomic E-state index is 11.2. The zero-order chi connectivity index (χ0) is 12.5. The lowest BCUT2D eigenvalue weighted by atomic mass is 10.3. The summed E-state index contributed by atoms with van der Waals surface area (Å²) in [5.74, 6) is 0.441. The van der Waals surface area contributed by atoms with Crippen molar-refractivity contribution in [2.75, 3.05) is 11.0 Å². The summed E-state index contributed by atoms with van der Waals surface area (Å²) in [7, 11) is -3.31. The molecule has 0 aliphatic heterocycles. The van der Waals surface area contributed by atoms with Crippen LogP contribution in [-0.4, -0.2) is 24.5 Å². The summed E-state index contributed by atoms with van der Waals surface area (Å²) >= 11 is 0. The van der Waals surface area contributed by atoms with E-state index in [1.807, 2.05) is 37.3 Å². The molecule has 2 rings (SSSR count). The van der Waals surface area contributed by atoms with E-state index in [0.29, 0.717) is 5.82 Å². The highest BCUT2D eigenvalue weighted by molar-refractivity contribution is 7.92. The molecular weight excluding hydrogens is 238 g/mol. The third-order valence-electron chi connectivity index (χ3n) is 2.12. The quantitative estimate of drug-likeness (QED) is 0.900. The van der Waals surface area contributed by atoms with Gasteiger partial charge in [0.15, 0.2) is 0 Å². The van der Waals surface area contributed by atoms with E-state index in [1.54, 1.807) is 10.7 Å². The van der Waals surface area contributed by atoms with Crippen molar-refractivity contribution in [2.24, 2.45) is 0 Å². The first-order valence-electron chi connectivity index (χ1n) is 5.05. The number of nitrogens with one attached hydrogen (secondary N) is 1. The van der Waals surface area contributed by atoms with Crippen molar-refractivity contribution >= 4 is 15.8 Å². The summed E-state index contributed by atoms with van der Waals surface area (Å²) in [6.07, 6.45) is 1.12. The number of anilines is 1. The summed E-state index contributed by atoms with van der Waals surface area (Å²) in [5, 5.41) is 4.25. The van der Waals surface area contributed by atoms with E-state index < -0.39 is 10.0 Å². The van der Waals surface area contributed by atoms with E-state index in [0.717, 1.165) is 17.6 Å². The predicted octanol–water partition coefficient (Wildman–Crippen LogP) is 1.55. The fourth-order valence-corrected chi connectivity index (χ4v) is 2.05. The van der Waals surface area contributed by atoms with Gasteiger partial charge in [-0.15, -0.1) is 0 Å². The maximum absolute atomic E-state index is 11.2. The van der Waals surface area contributed by atoms with Crippen LogP contribution in [0.4, 0.5) is 5.82 Å². The second kappa shape index (κ2) is 4.21. The van der Waals surface area contributed by atoms with Gasteiger partial charge in [0.1, 0.15) is 5.82 Å². The van der Waals surface area contributed by atoms with Gasteiger partial charge < -0.3 is 0 Å². The highest BCUT2D eigenvalue weighted by Gasteiger charge is 2.10. The van der Waals surface area contributed by atoms with Gasteiger partial charge in [-0.2, -0.15) is 5.10 Å². The molecule has 0 amide bonds. The number of hydrogen-bond acceptors (Lipinski definition) is 3. The van der Waals surface area contributed by atoms with Gasteiger partial charge in [0.25, 0.3) is 0 Å². The van der Waals surface area contributed by atoms with Crippen molar-refractivity contribution in [1.29, 1.82) is 0 Å². The molecule has 0 radical (unpaired) electrons. The summed E-state index contributed by atoms with van der Waals surface area (Å²) in [6, 6.07) is 11.0. The molecule has 0 bridgehead atoms. The van der Waals surface area contributed by atoms with E-state index in [9.17, 15) is 8.42 Å². The maximum Gasteiger partial charge on any atom is 0.230 e. The fraction of sp³-hybridized carbons (Fsp3) is 0.182. The average molecular weight is 251 g/mol. The Morgan fingerprint density at radius 2 is 1.88 bits per heavy atom. The molecule has 0 unspecified atom stereocenters. The van der Waals surface area contributed by atoms with Gasteiger partial charge in [-0.25, -0.2) is 13.1 Å². The van der Waals surface area contributed by atoms with Crippen molar-refractivity contribution < 1.29 is 8.42 Å². The Bertz CT molecular complexity index is 617. The van der Waals surface area contributed by atoms with Gasteiger partial charge in [-0.05, 0) is 19.1 Å². The molecule has 5 nitrogen and oxygen atoms in total. The van der Waals surface area contributed by atoms with Crippen LogP contribution in [0, 0.1) is 6.92 Å². The van der Waals surface area contributed by atoms with Crippen molar-refractivity contribution in [3.63, 3.8) is 0 Å². The lowest BCUT2D eigenvalue weighted by Gasteiger charge is -2.07. The number of hydrogen-bond donors (Lipinski definition) is 1. The first-order valence-corrected chi connectivity index (χ1v) is 6.95. The minimum absolute atomic E-state index is 0.441. The molecule has 17 heavy (non-hydrogen) atoms. The van der Waals surface area contributed by atoms with Crippen molar-refractivity contribution in [3.8, 4) is 5.69 Å². The topological polar surface area (TPSA) is 64.0 Å². The summed E-state index contributed by atoms with van der Waals surface area (Å²) in [4.78, 5) is 0. The number of para-hydroxylation sites is 1. The molecule has 2 aromatic rings. The van der Waals surface area contributed by atoms with Crippen LogP contribution in [0.3, 0.4) is 0 Å². The van der Waals surface area contributed by atoms with Gasteiger partial charge >= 0.3 is 0 Å². The monoisotopic (exact) mass is 251 g/mol. The standard InChI is InChI=1S/C11H13N3O2S/c1-9-8-11(13-17(2,15)16)14(12-9)10-6-4-3-5-7-10/h3-8,13H,1-2H3. The first kappa shape index (κ1) is 11.7. The van der Waals surface area contributed by atoms with Gasteiger partial charge in [-0.3, -0.25) is 4.72 Å². The van der Waals surface area contributed by atoms with E-state index in [2.05, 4.69) is 9.82 Å². The SMILES string of the molecule is Cc1cc(NS(C)(=O)=O)n(-c2ccccc2)n1. The van der Waals surface area contributed by atoms with Crippen LogP contribution in [0.15, 0.2) is 36.4 Å². The second-order valence-electron chi connectivity index (χ2n) is 3.79. The Hall–Kier alpha value is -1.82. The van der Waals surface area contributed by atoms with E-state index in [-0.39, 0.29) is 0 Å². The molecule has 0 saturated carbocycles. The summed E-state index contributed by atoms with van der Waals surface area (Å²) in [5.41, 5.74) is 1.56. The predicted molar refractivity (Wildman–Crippen MR) is 66.8 cm³/mol. The van der Waals surface area contributed by atoms with E-state index in [4.69, 9.17) is 0 Å². The highest BCUT2D eigenvalue weighted by Crippen LogP contribution is 2.17. The van der Waals surface area contributed by atoms with Crippen LogP contribution in [0.25, 0.3) is 5.69 Å². The van der Waals surface area contributed by atoms with Crippen molar-refractivity contribution in [1.82, 2.24) is 9.78 Å². The number of sulfonamides is 1. The summed E-state index contributed by atoms with van der Waals surface area (Å²) in [6.45, 7) is 1.81. The third-order valence-corrected chi connectivity index (χ3v) is 2.70. The molecule has 0 aliphatic carbocycles. The molecule has 0 aliphatic rings. The lowest BCUT2D eigenvalue weighted by molar-refractivity contribution is 0.606. The van der Waals surface area contributed by atoms with Crippen molar-refractivity contribution in [3.05, 3.63) is 42.1 Å². The molecular formula is C11H13N3O2S.